The van der Waals surface area contributed by atoms with Gasteiger partial charge in [0.1, 0.15) is 0 Å². The summed E-state index contributed by atoms with van der Waals surface area (Å²) in [5.41, 5.74) is -4.13. The van der Waals surface area contributed by atoms with Gasteiger partial charge in [-0.25, -0.2) is 0 Å². The summed E-state index contributed by atoms with van der Waals surface area (Å²) < 4.78 is 35.4. The molecule has 0 aromatic rings. The molecule has 0 aromatic heterocycles. The zero-order chi connectivity index (χ0) is 10.6. The fourth-order valence-corrected chi connectivity index (χ4v) is 1.88. The van der Waals surface area contributed by atoms with Crippen molar-refractivity contribution in [1.82, 2.24) is 4.90 Å². The molecular formula is C8H14F3NOS. The van der Waals surface area contributed by atoms with E-state index in [9.17, 15) is 13.2 Å². The van der Waals surface area contributed by atoms with Gasteiger partial charge in [-0.05, 0) is 24.6 Å². The number of halogens is 3. The van der Waals surface area contributed by atoms with Crippen molar-refractivity contribution in [1.29, 1.82) is 0 Å². The van der Waals surface area contributed by atoms with Crippen LogP contribution in [0.15, 0.2) is 0 Å². The van der Waals surface area contributed by atoms with Crippen molar-refractivity contribution in [2.45, 2.75) is 24.4 Å². The van der Waals surface area contributed by atoms with E-state index in [1.165, 1.54) is 0 Å². The summed E-state index contributed by atoms with van der Waals surface area (Å²) in [6.45, 7) is 0.922. The average Bonchev–Trinajstić information content (AvgIpc) is 2.83. The SMILES string of the molecule is OCCN(CCSC(F)(F)F)C1CC1. The Morgan fingerprint density at radius 1 is 1.29 bits per heavy atom. The van der Waals surface area contributed by atoms with Crippen LogP contribution in [0.25, 0.3) is 0 Å². The van der Waals surface area contributed by atoms with Crippen molar-refractivity contribution in [2.75, 3.05) is 25.4 Å². The topological polar surface area (TPSA) is 23.5 Å². The molecule has 1 saturated carbocycles. The summed E-state index contributed by atoms with van der Waals surface area (Å²) in [5.74, 6) is 0.0556. The highest BCUT2D eigenvalue weighted by Gasteiger charge is 2.31. The van der Waals surface area contributed by atoms with Crippen LogP contribution in [0.5, 0.6) is 0 Å². The molecule has 1 N–H and O–H groups in total. The monoisotopic (exact) mass is 229 g/mol. The third-order valence-electron chi connectivity index (χ3n) is 2.09. The van der Waals surface area contributed by atoms with Crippen LogP contribution < -0.4 is 0 Å². The molecular weight excluding hydrogens is 215 g/mol. The van der Waals surface area contributed by atoms with Crippen molar-refractivity contribution in [3.63, 3.8) is 0 Å². The Labute approximate surface area is 85.5 Å². The lowest BCUT2D eigenvalue weighted by Crippen LogP contribution is -2.31. The second kappa shape index (κ2) is 5.23. The predicted octanol–water partition coefficient (Wildman–Crippen LogP) is 1.70. The molecule has 2 nitrogen and oxygen atoms in total. The summed E-state index contributed by atoms with van der Waals surface area (Å²) in [5, 5.41) is 8.70. The smallest absolute Gasteiger partial charge is 0.395 e. The Kier molecular flexibility index (Phi) is 4.53. The number of nitrogens with zero attached hydrogens (tertiary/aromatic N) is 1. The van der Waals surface area contributed by atoms with Crippen LogP contribution in [-0.2, 0) is 0 Å². The number of aliphatic hydroxyl groups excluding tert-OH is 1. The standard InChI is InChI=1S/C8H14F3NOS/c9-8(10,11)14-6-4-12(3-5-13)7-1-2-7/h7,13H,1-6H2. The summed E-state index contributed by atoms with van der Waals surface area (Å²) in [6, 6.07) is 0.413. The van der Waals surface area contributed by atoms with Crippen LogP contribution in [0.3, 0.4) is 0 Å². The zero-order valence-electron chi connectivity index (χ0n) is 7.76. The third kappa shape index (κ3) is 5.07. The lowest BCUT2D eigenvalue weighted by atomic mass is 10.4. The van der Waals surface area contributed by atoms with Gasteiger partial charge in [-0.1, -0.05) is 0 Å². The van der Waals surface area contributed by atoms with Crippen molar-refractivity contribution in [3.8, 4) is 0 Å². The van der Waals surface area contributed by atoms with Gasteiger partial charge >= 0.3 is 5.51 Å². The molecule has 0 heterocycles. The van der Waals surface area contributed by atoms with Gasteiger partial charge in [0, 0.05) is 24.9 Å². The largest absolute Gasteiger partial charge is 0.441 e. The van der Waals surface area contributed by atoms with Gasteiger partial charge in [0.05, 0.1) is 6.61 Å². The molecule has 0 saturated heterocycles. The molecule has 0 bridgehead atoms. The molecule has 0 aliphatic heterocycles. The molecule has 14 heavy (non-hydrogen) atoms. The second-order valence-corrected chi connectivity index (χ2v) is 4.44. The maximum atomic E-state index is 11.8. The maximum absolute atomic E-state index is 11.8. The van der Waals surface area contributed by atoms with E-state index in [0.29, 0.717) is 19.1 Å². The maximum Gasteiger partial charge on any atom is 0.441 e. The molecule has 0 amide bonds. The van der Waals surface area contributed by atoms with E-state index in [2.05, 4.69) is 0 Å². The Morgan fingerprint density at radius 3 is 2.36 bits per heavy atom. The molecule has 0 aromatic carbocycles. The minimum absolute atomic E-state index is 0.00964. The molecule has 0 atom stereocenters. The van der Waals surface area contributed by atoms with E-state index in [4.69, 9.17) is 5.11 Å². The van der Waals surface area contributed by atoms with Gasteiger partial charge in [-0.2, -0.15) is 13.2 Å². The summed E-state index contributed by atoms with van der Waals surface area (Å²) in [7, 11) is 0. The number of aliphatic hydroxyl groups is 1. The van der Waals surface area contributed by atoms with Gasteiger partial charge in [0.25, 0.3) is 0 Å². The van der Waals surface area contributed by atoms with Crippen LogP contribution in [0.2, 0.25) is 0 Å². The summed E-state index contributed by atoms with van der Waals surface area (Å²) >= 11 is 0.00964. The van der Waals surface area contributed by atoms with Crippen LogP contribution in [0.1, 0.15) is 12.8 Å². The van der Waals surface area contributed by atoms with E-state index in [1.54, 1.807) is 0 Å². The first-order valence-electron chi connectivity index (χ1n) is 4.58. The summed E-state index contributed by atoms with van der Waals surface area (Å²) in [6.07, 6.45) is 2.10. The highest BCUT2D eigenvalue weighted by molar-refractivity contribution is 8.00. The first kappa shape index (κ1) is 12.1. The number of rotatable bonds is 6. The Morgan fingerprint density at radius 2 is 1.93 bits per heavy atom. The summed E-state index contributed by atoms with van der Waals surface area (Å²) in [4.78, 5) is 1.93. The molecule has 1 aliphatic rings. The number of thioether (sulfide) groups is 1. The number of hydrogen-bond acceptors (Lipinski definition) is 3. The molecule has 0 radical (unpaired) electrons. The van der Waals surface area contributed by atoms with Crippen LogP contribution >= 0.6 is 11.8 Å². The van der Waals surface area contributed by atoms with Gasteiger partial charge in [0.15, 0.2) is 0 Å². The fourth-order valence-electron chi connectivity index (χ4n) is 1.32. The Bertz CT molecular complexity index is 172. The van der Waals surface area contributed by atoms with E-state index < -0.39 is 5.51 Å². The quantitative estimate of drug-likeness (QED) is 0.750. The molecule has 0 spiro atoms. The average molecular weight is 229 g/mol. The zero-order valence-corrected chi connectivity index (χ0v) is 8.57. The molecule has 1 aliphatic carbocycles. The minimum atomic E-state index is -4.13. The Balaban J connectivity index is 2.13. The fraction of sp³-hybridized carbons (Fsp3) is 1.00. The molecule has 0 unspecified atom stereocenters. The van der Waals surface area contributed by atoms with Gasteiger partial charge in [0.2, 0.25) is 0 Å². The van der Waals surface area contributed by atoms with Crippen molar-refractivity contribution < 1.29 is 18.3 Å². The first-order valence-corrected chi connectivity index (χ1v) is 5.57. The highest BCUT2D eigenvalue weighted by atomic mass is 32.2. The third-order valence-corrected chi connectivity index (χ3v) is 2.81. The van der Waals surface area contributed by atoms with E-state index in [1.807, 2.05) is 4.90 Å². The molecule has 84 valence electrons. The highest BCUT2D eigenvalue weighted by Crippen LogP contribution is 2.31. The van der Waals surface area contributed by atoms with Crippen LogP contribution in [-0.4, -0.2) is 47.0 Å². The number of alkyl halides is 3. The van der Waals surface area contributed by atoms with E-state index in [0.717, 1.165) is 12.8 Å². The van der Waals surface area contributed by atoms with Crippen molar-refractivity contribution >= 4 is 11.8 Å². The van der Waals surface area contributed by atoms with Gasteiger partial charge in [-0.3, -0.25) is 4.90 Å². The predicted molar refractivity (Wildman–Crippen MR) is 50.2 cm³/mol. The molecule has 6 heteroatoms. The Hall–Kier alpha value is 0.0600. The second-order valence-electron chi connectivity index (χ2n) is 3.28. The van der Waals surface area contributed by atoms with Crippen LogP contribution in [0.4, 0.5) is 13.2 Å². The van der Waals surface area contributed by atoms with Gasteiger partial charge < -0.3 is 5.11 Å². The van der Waals surface area contributed by atoms with Crippen molar-refractivity contribution in [2.24, 2.45) is 0 Å². The first-order chi connectivity index (χ1) is 6.53. The lowest BCUT2D eigenvalue weighted by molar-refractivity contribution is -0.0328. The van der Waals surface area contributed by atoms with Crippen molar-refractivity contribution in [3.05, 3.63) is 0 Å². The van der Waals surface area contributed by atoms with E-state index >= 15 is 0 Å². The normalized spacial score (nSPS) is 17.8. The lowest BCUT2D eigenvalue weighted by Gasteiger charge is -2.20. The van der Waals surface area contributed by atoms with Gasteiger partial charge in [-0.15, -0.1) is 0 Å². The minimum Gasteiger partial charge on any atom is -0.395 e. The molecule has 1 fully saturated rings. The number of hydrogen-bond donors (Lipinski definition) is 1. The van der Waals surface area contributed by atoms with Crippen LogP contribution in [0, 0.1) is 0 Å². The van der Waals surface area contributed by atoms with E-state index in [-0.39, 0.29) is 24.1 Å². The molecule has 1 rings (SSSR count).